The molecule has 2 heterocycles. The number of nitrogens with one attached hydrogen (secondary N) is 1. The molecule has 3 rings (SSSR count). The second-order valence-corrected chi connectivity index (χ2v) is 7.08. The number of piperidine rings is 1. The maximum Gasteiger partial charge on any atom is 0.247 e. The fraction of sp³-hybridized carbons (Fsp3) is 0.867. The third-order valence-corrected chi connectivity index (χ3v) is 5.06. The van der Waals surface area contributed by atoms with Crippen LogP contribution in [0.2, 0.25) is 0 Å². The Morgan fingerprint density at radius 1 is 1.25 bits per heavy atom. The van der Waals surface area contributed by atoms with E-state index in [-0.39, 0.29) is 29.3 Å². The summed E-state index contributed by atoms with van der Waals surface area (Å²) in [5, 5.41) is 3.37. The predicted octanol–water partition coefficient (Wildman–Crippen LogP) is 0.598. The first-order chi connectivity index (χ1) is 9.48. The lowest BCUT2D eigenvalue weighted by molar-refractivity contribution is -0.139. The lowest BCUT2D eigenvalue weighted by Crippen LogP contribution is -2.47. The minimum atomic E-state index is -0.278. The van der Waals surface area contributed by atoms with Crippen LogP contribution in [-0.4, -0.2) is 60.4 Å². The average molecular weight is 279 g/mol. The normalized spacial score (nSPS) is 31.1. The molecule has 112 valence electrons. The highest BCUT2D eigenvalue weighted by Crippen LogP contribution is 2.33. The highest BCUT2D eigenvalue weighted by atomic mass is 16.2. The molecule has 0 aromatic heterocycles. The van der Waals surface area contributed by atoms with Gasteiger partial charge < -0.3 is 10.2 Å². The summed E-state index contributed by atoms with van der Waals surface area (Å²) in [5.41, 5.74) is 0.253. The summed E-state index contributed by atoms with van der Waals surface area (Å²) in [6.45, 7) is 5.35. The van der Waals surface area contributed by atoms with Gasteiger partial charge in [-0.05, 0) is 51.2 Å². The first kappa shape index (κ1) is 14.0. The Bertz CT molecular complexity index is 411. The zero-order chi connectivity index (χ0) is 14.3. The number of hydrogen-bond donors (Lipinski definition) is 1. The van der Waals surface area contributed by atoms with Crippen LogP contribution in [0.1, 0.15) is 39.0 Å². The van der Waals surface area contributed by atoms with Crippen molar-refractivity contribution in [2.75, 3.05) is 26.7 Å². The topological polar surface area (TPSA) is 52.7 Å². The summed E-state index contributed by atoms with van der Waals surface area (Å²) in [6, 6.07) is -0.0692. The van der Waals surface area contributed by atoms with E-state index < -0.39 is 0 Å². The largest absolute Gasteiger partial charge is 0.306 e. The lowest BCUT2D eigenvalue weighted by atomic mass is 9.80. The van der Waals surface area contributed by atoms with E-state index in [0.29, 0.717) is 6.42 Å². The Balaban J connectivity index is 1.53. The van der Waals surface area contributed by atoms with Gasteiger partial charge in [-0.3, -0.25) is 14.5 Å². The summed E-state index contributed by atoms with van der Waals surface area (Å²) in [4.78, 5) is 28.0. The molecular weight excluding hydrogens is 254 g/mol. The van der Waals surface area contributed by atoms with Crippen molar-refractivity contribution in [2.45, 2.75) is 51.1 Å². The summed E-state index contributed by atoms with van der Waals surface area (Å²) in [6.07, 6.45) is 4.64. The van der Waals surface area contributed by atoms with Gasteiger partial charge in [-0.1, -0.05) is 6.92 Å². The first-order valence-electron chi connectivity index (χ1n) is 7.76. The van der Waals surface area contributed by atoms with Gasteiger partial charge >= 0.3 is 0 Å². The van der Waals surface area contributed by atoms with Crippen LogP contribution in [0.3, 0.4) is 0 Å². The van der Waals surface area contributed by atoms with Crippen LogP contribution in [0.5, 0.6) is 0 Å². The number of rotatable bonds is 4. The van der Waals surface area contributed by atoms with Gasteiger partial charge in [-0.2, -0.15) is 0 Å². The van der Waals surface area contributed by atoms with Gasteiger partial charge in [0.2, 0.25) is 11.8 Å². The second-order valence-electron chi connectivity index (χ2n) is 7.08. The minimum absolute atomic E-state index is 0.00836. The minimum Gasteiger partial charge on any atom is -0.306 e. The van der Waals surface area contributed by atoms with Crippen LogP contribution in [-0.2, 0) is 9.59 Å². The molecule has 0 bridgehead atoms. The molecule has 3 aliphatic rings. The molecule has 0 radical (unpaired) electrons. The maximum absolute atomic E-state index is 12.3. The van der Waals surface area contributed by atoms with E-state index in [1.54, 1.807) is 0 Å². The molecule has 1 unspecified atom stereocenters. The summed E-state index contributed by atoms with van der Waals surface area (Å²) in [5.74, 6) is 0.0255. The molecule has 1 saturated carbocycles. The molecule has 0 spiro atoms. The number of amides is 2. The SMILES string of the molecule is CN1CCC(C)(CNC2CC(=O)N(C3CC3)C2=O)CC1. The van der Waals surface area contributed by atoms with Crippen LogP contribution in [0.4, 0.5) is 0 Å². The van der Waals surface area contributed by atoms with Crippen molar-refractivity contribution in [3.05, 3.63) is 0 Å². The highest BCUT2D eigenvalue weighted by molar-refractivity contribution is 6.06. The quantitative estimate of drug-likeness (QED) is 0.766. The molecule has 1 aliphatic carbocycles. The number of carbonyl (C=O) groups excluding carboxylic acids is 2. The van der Waals surface area contributed by atoms with Crippen molar-refractivity contribution in [2.24, 2.45) is 5.41 Å². The standard InChI is InChI=1S/C15H25N3O2/c1-15(5-7-17(2)8-6-15)10-16-12-9-13(19)18(14(12)20)11-3-4-11/h11-12,16H,3-10H2,1-2H3. The van der Waals surface area contributed by atoms with Crippen LogP contribution >= 0.6 is 0 Å². The third-order valence-electron chi connectivity index (χ3n) is 5.06. The second kappa shape index (κ2) is 5.11. The molecule has 1 atom stereocenters. The Labute approximate surface area is 120 Å². The molecule has 5 heteroatoms. The van der Waals surface area contributed by atoms with E-state index in [4.69, 9.17) is 0 Å². The monoisotopic (exact) mass is 279 g/mol. The fourth-order valence-corrected chi connectivity index (χ4v) is 3.23. The van der Waals surface area contributed by atoms with Crippen molar-refractivity contribution in [3.63, 3.8) is 0 Å². The molecule has 20 heavy (non-hydrogen) atoms. The smallest absolute Gasteiger partial charge is 0.247 e. The van der Waals surface area contributed by atoms with Gasteiger partial charge in [0.1, 0.15) is 0 Å². The molecule has 3 fully saturated rings. The van der Waals surface area contributed by atoms with Gasteiger partial charge in [-0.15, -0.1) is 0 Å². The predicted molar refractivity (Wildman–Crippen MR) is 76.1 cm³/mol. The number of carbonyl (C=O) groups is 2. The van der Waals surface area contributed by atoms with Crippen LogP contribution in [0, 0.1) is 5.41 Å². The van der Waals surface area contributed by atoms with Crippen molar-refractivity contribution < 1.29 is 9.59 Å². The summed E-state index contributed by atoms with van der Waals surface area (Å²) < 4.78 is 0. The van der Waals surface area contributed by atoms with E-state index in [1.165, 1.54) is 4.90 Å². The molecular formula is C15H25N3O2. The van der Waals surface area contributed by atoms with Crippen molar-refractivity contribution in [1.82, 2.24) is 15.1 Å². The van der Waals surface area contributed by atoms with Gasteiger partial charge in [0.15, 0.2) is 0 Å². The van der Waals surface area contributed by atoms with Crippen molar-refractivity contribution in [1.29, 1.82) is 0 Å². The first-order valence-corrected chi connectivity index (χ1v) is 7.76. The zero-order valence-electron chi connectivity index (χ0n) is 12.5. The van der Waals surface area contributed by atoms with Crippen LogP contribution in [0.15, 0.2) is 0 Å². The fourth-order valence-electron chi connectivity index (χ4n) is 3.23. The van der Waals surface area contributed by atoms with Gasteiger partial charge in [0.05, 0.1) is 12.5 Å². The highest BCUT2D eigenvalue weighted by Gasteiger charge is 2.46. The number of imide groups is 1. The molecule has 5 nitrogen and oxygen atoms in total. The van der Waals surface area contributed by atoms with E-state index in [0.717, 1.165) is 45.3 Å². The number of nitrogens with zero attached hydrogens (tertiary/aromatic N) is 2. The Hall–Kier alpha value is -0.940. The number of likely N-dealkylation sites (tertiary alicyclic amines) is 2. The van der Waals surface area contributed by atoms with Gasteiger partial charge in [0.25, 0.3) is 0 Å². The van der Waals surface area contributed by atoms with E-state index in [1.807, 2.05) is 0 Å². The maximum atomic E-state index is 12.3. The third kappa shape index (κ3) is 2.74. The number of hydrogen-bond acceptors (Lipinski definition) is 4. The summed E-state index contributed by atoms with van der Waals surface area (Å²) >= 11 is 0. The van der Waals surface area contributed by atoms with Crippen LogP contribution in [0.25, 0.3) is 0 Å². The molecule has 2 aliphatic heterocycles. The Kier molecular flexibility index (Phi) is 3.58. The van der Waals surface area contributed by atoms with Gasteiger partial charge in [-0.25, -0.2) is 0 Å². The summed E-state index contributed by atoms with van der Waals surface area (Å²) in [7, 11) is 2.15. The molecule has 2 saturated heterocycles. The lowest BCUT2D eigenvalue weighted by Gasteiger charge is -2.38. The average Bonchev–Trinajstić information content (AvgIpc) is 3.19. The molecule has 2 amide bonds. The van der Waals surface area contributed by atoms with Crippen molar-refractivity contribution in [3.8, 4) is 0 Å². The van der Waals surface area contributed by atoms with E-state index in [2.05, 4.69) is 24.2 Å². The van der Waals surface area contributed by atoms with Crippen molar-refractivity contribution >= 4 is 11.8 Å². The van der Waals surface area contributed by atoms with Crippen LogP contribution < -0.4 is 5.32 Å². The Morgan fingerprint density at radius 2 is 1.90 bits per heavy atom. The molecule has 1 N–H and O–H groups in total. The zero-order valence-corrected chi connectivity index (χ0v) is 12.5. The van der Waals surface area contributed by atoms with E-state index in [9.17, 15) is 9.59 Å². The van der Waals surface area contributed by atoms with Gasteiger partial charge in [0, 0.05) is 12.6 Å². The Morgan fingerprint density at radius 3 is 2.50 bits per heavy atom. The van der Waals surface area contributed by atoms with E-state index >= 15 is 0 Å². The molecule has 0 aromatic carbocycles. The molecule has 0 aromatic rings.